The zero-order valence-electron chi connectivity index (χ0n) is 15.6. The highest BCUT2D eigenvalue weighted by molar-refractivity contribution is 5.95. The smallest absolute Gasteiger partial charge is 0.223 e. The number of halogens is 2. The van der Waals surface area contributed by atoms with Gasteiger partial charge in [0.05, 0.1) is 17.1 Å². The molecule has 1 aliphatic heterocycles. The fourth-order valence-electron chi connectivity index (χ4n) is 3.98. The molecule has 2 aromatic heterocycles. The fraction of sp³-hybridized carbons (Fsp3) is 0.333. The maximum absolute atomic E-state index is 13.3. The van der Waals surface area contributed by atoms with E-state index in [1.807, 2.05) is 10.5 Å². The number of nitrogens with zero attached hydrogens (tertiary/aromatic N) is 3. The Morgan fingerprint density at radius 2 is 1.96 bits per heavy atom. The summed E-state index contributed by atoms with van der Waals surface area (Å²) in [5, 5.41) is 0. The standard InChI is InChI=1S/C21H21F2N3O/c1-13(27)26-12-21(2,3)19-18(26)9-15(8-14-4-6-16(23)7-5-14)20-24-17(10-22)11-25(19)20/h4-7,9,11H,8,10,12H2,1-3H3. The molecule has 0 fully saturated rings. The first-order chi connectivity index (χ1) is 12.8. The van der Waals surface area contributed by atoms with Crippen LogP contribution in [-0.2, 0) is 23.3 Å². The Labute approximate surface area is 156 Å². The third kappa shape index (κ3) is 2.89. The van der Waals surface area contributed by atoms with E-state index in [0.29, 0.717) is 24.3 Å². The number of amides is 1. The largest absolute Gasteiger partial charge is 0.310 e. The molecule has 27 heavy (non-hydrogen) atoms. The summed E-state index contributed by atoms with van der Waals surface area (Å²) in [6, 6.07) is 8.27. The molecule has 140 valence electrons. The van der Waals surface area contributed by atoms with Gasteiger partial charge in [-0.2, -0.15) is 0 Å². The summed E-state index contributed by atoms with van der Waals surface area (Å²) in [5.74, 6) is -0.317. The minimum Gasteiger partial charge on any atom is -0.310 e. The van der Waals surface area contributed by atoms with Crippen LogP contribution in [-0.4, -0.2) is 21.8 Å². The van der Waals surface area contributed by atoms with Gasteiger partial charge in [0.1, 0.15) is 18.1 Å². The van der Waals surface area contributed by atoms with E-state index in [-0.39, 0.29) is 17.1 Å². The second-order valence-corrected chi connectivity index (χ2v) is 7.76. The molecule has 3 aromatic rings. The lowest BCUT2D eigenvalue weighted by atomic mass is 9.90. The zero-order chi connectivity index (χ0) is 19.3. The number of anilines is 1. The van der Waals surface area contributed by atoms with Crippen LogP contribution < -0.4 is 4.90 Å². The Balaban J connectivity index is 1.94. The molecular weight excluding hydrogens is 348 g/mol. The van der Waals surface area contributed by atoms with Gasteiger partial charge in [0.2, 0.25) is 5.91 Å². The monoisotopic (exact) mass is 369 g/mol. The lowest BCUT2D eigenvalue weighted by Crippen LogP contribution is -2.32. The zero-order valence-corrected chi connectivity index (χ0v) is 15.6. The molecule has 1 aromatic carbocycles. The molecule has 0 spiro atoms. The highest BCUT2D eigenvalue weighted by Gasteiger charge is 2.40. The normalized spacial score (nSPS) is 15.4. The van der Waals surface area contributed by atoms with Gasteiger partial charge in [-0.3, -0.25) is 4.79 Å². The molecule has 1 aliphatic rings. The number of fused-ring (bicyclic) bond motifs is 3. The first kappa shape index (κ1) is 17.6. The van der Waals surface area contributed by atoms with Gasteiger partial charge >= 0.3 is 0 Å². The van der Waals surface area contributed by atoms with Crippen LogP contribution in [0.4, 0.5) is 14.5 Å². The summed E-state index contributed by atoms with van der Waals surface area (Å²) in [4.78, 5) is 18.4. The molecule has 0 saturated carbocycles. The molecule has 0 unspecified atom stereocenters. The van der Waals surface area contributed by atoms with Crippen molar-refractivity contribution in [1.82, 2.24) is 9.38 Å². The summed E-state index contributed by atoms with van der Waals surface area (Å²) in [6.45, 7) is 5.61. The molecule has 0 bridgehead atoms. The molecule has 0 aliphatic carbocycles. The van der Waals surface area contributed by atoms with Crippen LogP contribution in [0, 0.1) is 5.82 Å². The highest BCUT2D eigenvalue weighted by Crippen LogP contribution is 2.42. The van der Waals surface area contributed by atoms with Crippen LogP contribution in [0.3, 0.4) is 0 Å². The molecule has 3 heterocycles. The van der Waals surface area contributed by atoms with Crippen LogP contribution >= 0.6 is 0 Å². The Morgan fingerprint density at radius 1 is 1.26 bits per heavy atom. The van der Waals surface area contributed by atoms with E-state index in [4.69, 9.17) is 0 Å². The van der Waals surface area contributed by atoms with Gasteiger partial charge in [-0.1, -0.05) is 26.0 Å². The van der Waals surface area contributed by atoms with E-state index >= 15 is 0 Å². The topological polar surface area (TPSA) is 37.6 Å². The van der Waals surface area contributed by atoms with Gasteiger partial charge in [0.25, 0.3) is 0 Å². The molecule has 4 rings (SSSR count). The molecule has 6 heteroatoms. The molecule has 0 N–H and O–H groups in total. The van der Waals surface area contributed by atoms with Crippen molar-refractivity contribution in [2.75, 3.05) is 11.4 Å². The quantitative estimate of drug-likeness (QED) is 0.695. The van der Waals surface area contributed by atoms with Crippen molar-refractivity contribution in [3.8, 4) is 0 Å². The summed E-state index contributed by atoms with van der Waals surface area (Å²) in [6.07, 6.45) is 2.24. The third-order valence-corrected chi connectivity index (χ3v) is 5.15. The van der Waals surface area contributed by atoms with Crippen LogP contribution in [0.25, 0.3) is 5.65 Å². The first-order valence-electron chi connectivity index (χ1n) is 8.93. The average molecular weight is 369 g/mol. The second kappa shape index (κ2) is 6.15. The van der Waals surface area contributed by atoms with Crippen LogP contribution in [0.1, 0.15) is 43.3 Å². The lowest BCUT2D eigenvalue weighted by molar-refractivity contribution is -0.116. The van der Waals surface area contributed by atoms with Gasteiger partial charge in [-0.05, 0) is 23.8 Å². The number of aromatic nitrogens is 2. The maximum atomic E-state index is 13.3. The first-order valence-corrected chi connectivity index (χ1v) is 8.93. The summed E-state index contributed by atoms with van der Waals surface area (Å²) >= 11 is 0. The molecule has 1 amide bonds. The van der Waals surface area contributed by atoms with Crippen molar-refractivity contribution in [3.63, 3.8) is 0 Å². The molecule has 0 saturated heterocycles. The van der Waals surface area contributed by atoms with Gasteiger partial charge in [-0.25, -0.2) is 13.8 Å². The Bertz CT molecular complexity index is 1040. The van der Waals surface area contributed by atoms with Crippen molar-refractivity contribution in [1.29, 1.82) is 0 Å². The number of rotatable bonds is 3. The SMILES string of the molecule is CC(=O)N1CC(C)(C)c2c1cc(Cc1ccc(F)cc1)c1nc(CF)cn21. The average Bonchev–Trinajstić information content (AvgIpc) is 3.15. The van der Waals surface area contributed by atoms with Crippen LogP contribution in [0.15, 0.2) is 36.5 Å². The number of imidazole rings is 1. The molecule has 0 atom stereocenters. The third-order valence-electron chi connectivity index (χ3n) is 5.15. The lowest BCUT2D eigenvalue weighted by Gasteiger charge is -2.19. The molecule has 0 radical (unpaired) electrons. The van der Waals surface area contributed by atoms with E-state index in [1.165, 1.54) is 12.1 Å². The Hall–Kier alpha value is -2.76. The number of alkyl halides is 1. The number of pyridine rings is 1. The highest BCUT2D eigenvalue weighted by atomic mass is 19.1. The number of hydrogen-bond acceptors (Lipinski definition) is 2. The number of hydrogen-bond donors (Lipinski definition) is 0. The van der Waals surface area contributed by atoms with Crippen LogP contribution in [0.2, 0.25) is 0 Å². The number of carbonyl (C=O) groups is 1. The van der Waals surface area contributed by atoms with Gasteiger partial charge in [-0.15, -0.1) is 0 Å². The summed E-state index contributed by atoms with van der Waals surface area (Å²) < 4.78 is 28.5. The Kier molecular flexibility index (Phi) is 4.02. The van der Waals surface area contributed by atoms with E-state index in [1.54, 1.807) is 30.2 Å². The summed E-state index contributed by atoms with van der Waals surface area (Å²) in [5.41, 5.74) is 4.37. The predicted octanol–water partition coefficient (Wildman–Crippen LogP) is 4.18. The van der Waals surface area contributed by atoms with Crippen molar-refractivity contribution in [3.05, 3.63) is 64.9 Å². The van der Waals surface area contributed by atoms with E-state index in [9.17, 15) is 13.6 Å². The number of benzene rings is 1. The fourth-order valence-corrected chi connectivity index (χ4v) is 3.98. The Morgan fingerprint density at radius 3 is 2.59 bits per heavy atom. The van der Waals surface area contributed by atoms with Crippen molar-refractivity contribution in [2.24, 2.45) is 0 Å². The molecular formula is C21H21F2N3O. The van der Waals surface area contributed by atoms with Crippen molar-refractivity contribution in [2.45, 2.75) is 39.3 Å². The van der Waals surface area contributed by atoms with E-state index < -0.39 is 6.67 Å². The minimum absolute atomic E-state index is 0.0280. The van der Waals surface area contributed by atoms with Crippen LogP contribution in [0.5, 0.6) is 0 Å². The number of carbonyl (C=O) groups excluding carboxylic acids is 1. The molecule has 4 nitrogen and oxygen atoms in total. The minimum atomic E-state index is -0.650. The van der Waals surface area contributed by atoms with Crippen molar-refractivity contribution < 1.29 is 13.6 Å². The van der Waals surface area contributed by atoms with Gasteiger partial charge in [0, 0.05) is 37.1 Å². The second-order valence-electron chi connectivity index (χ2n) is 7.76. The summed E-state index contributed by atoms with van der Waals surface area (Å²) in [7, 11) is 0. The van der Waals surface area contributed by atoms with E-state index in [0.717, 1.165) is 22.5 Å². The maximum Gasteiger partial charge on any atom is 0.223 e. The predicted molar refractivity (Wildman–Crippen MR) is 100 cm³/mol. The van der Waals surface area contributed by atoms with Crippen molar-refractivity contribution >= 4 is 17.2 Å². The van der Waals surface area contributed by atoms with Gasteiger partial charge in [0.15, 0.2) is 0 Å². The van der Waals surface area contributed by atoms with E-state index in [2.05, 4.69) is 18.8 Å². The van der Waals surface area contributed by atoms with Gasteiger partial charge < -0.3 is 9.30 Å².